The minimum absolute atomic E-state index is 0.752. The second-order valence-electron chi connectivity index (χ2n) is 2.53. The molecule has 1 rings (SSSR count). The van der Waals surface area contributed by atoms with Gasteiger partial charge in [0.1, 0.15) is 0 Å². The van der Waals surface area contributed by atoms with Crippen LogP contribution < -0.4 is 0 Å². The number of carbonyl (C=O) groups is 1. The molecule has 0 saturated carbocycles. The third-order valence-corrected chi connectivity index (χ3v) is 1.69. The zero-order valence-electron chi connectivity index (χ0n) is 6.43. The molecule has 0 fully saturated rings. The van der Waals surface area contributed by atoms with Gasteiger partial charge in [-0.3, -0.25) is 4.79 Å². The Labute approximate surface area is 72.4 Å². The highest BCUT2D eigenvalue weighted by molar-refractivity contribution is 5.92. The highest BCUT2D eigenvalue weighted by atomic mass is 19.4. The maximum Gasteiger partial charge on any atom is 0.413 e. The third-order valence-electron chi connectivity index (χ3n) is 1.69. The Morgan fingerprint density at radius 1 is 1.54 bits per heavy atom. The molecule has 0 heterocycles. The van der Waals surface area contributed by atoms with Crippen LogP contribution in [0, 0.1) is 12.0 Å². The van der Waals surface area contributed by atoms with Crippen molar-refractivity contribution in [2.45, 2.75) is 6.18 Å². The van der Waals surface area contributed by atoms with E-state index in [4.69, 9.17) is 5.11 Å². The summed E-state index contributed by atoms with van der Waals surface area (Å²) in [6.07, 6.45) is -0.817. The fourth-order valence-corrected chi connectivity index (χ4v) is 1.04. The van der Waals surface area contributed by atoms with E-state index in [0.717, 1.165) is 12.2 Å². The number of aliphatic hydroxyl groups excluding tert-OH is 1. The standard InChI is InChI=1S/C8H6F3O2/c9-8(10,11)6-2-1-3-7(13)5(6)4-12/h1-2,5,12H,4H2. The average molecular weight is 191 g/mol. The van der Waals surface area contributed by atoms with Crippen molar-refractivity contribution in [3.05, 3.63) is 23.8 Å². The number of carbonyl (C=O) groups excluding carboxylic acids is 1. The summed E-state index contributed by atoms with van der Waals surface area (Å²) < 4.78 is 36.5. The first-order chi connectivity index (χ1) is 5.96. The van der Waals surface area contributed by atoms with Gasteiger partial charge in [-0.15, -0.1) is 0 Å². The second kappa shape index (κ2) is 3.33. The van der Waals surface area contributed by atoms with Gasteiger partial charge in [0.25, 0.3) is 0 Å². The number of hydrogen-bond acceptors (Lipinski definition) is 2. The molecule has 2 nitrogen and oxygen atoms in total. The maximum atomic E-state index is 12.2. The predicted octanol–water partition coefficient (Wildman–Crippen LogP) is 1.03. The Morgan fingerprint density at radius 2 is 2.15 bits per heavy atom. The second-order valence-corrected chi connectivity index (χ2v) is 2.53. The van der Waals surface area contributed by atoms with Crippen molar-refractivity contribution in [1.82, 2.24) is 0 Å². The number of aliphatic hydroxyl groups is 1. The van der Waals surface area contributed by atoms with Crippen molar-refractivity contribution in [2.24, 2.45) is 5.92 Å². The SMILES string of the molecule is O=C1[C]=CC=C(C(F)(F)F)C1CO. The summed E-state index contributed by atoms with van der Waals surface area (Å²) in [5.74, 6) is -2.35. The molecular formula is C8H6F3O2. The molecule has 5 heteroatoms. The first-order valence-corrected chi connectivity index (χ1v) is 3.48. The Hall–Kier alpha value is -1.10. The maximum absolute atomic E-state index is 12.2. The lowest BCUT2D eigenvalue weighted by Gasteiger charge is -2.19. The molecule has 1 unspecified atom stereocenters. The van der Waals surface area contributed by atoms with Gasteiger partial charge in [0.15, 0.2) is 5.78 Å². The molecule has 0 amide bonds. The van der Waals surface area contributed by atoms with Crippen LogP contribution in [-0.4, -0.2) is 23.7 Å². The smallest absolute Gasteiger partial charge is 0.395 e. The van der Waals surface area contributed by atoms with Gasteiger partial charge < -0.3 is 5.11 Å². The molecule has 0 aromatic carbocycles. The zero-order chi connectivity index (χ0) is 10.1. The van der Waals surface area contributed by atoms with E-state index in [9.17, 15) is 18.0 Å². The van der Waals surface area contributed by atoms with E-state index >= 15 is 0 Å². The predicted molar refractivity (Wildman–Crippen MR) is 37.5 cm³/mol. The highest BCUT2D eigenvalue weighted by Crippen LogP contribution is 2.33. The topological polar surface area (TPSA) is 37.3 Å². The van der Waals surface area contributed by atoms with Crippen LogP contribution in [0.25, 0.3) is 0 Å². The van der Waals surface area contributed by atoms with Crippen molar-refractivity contribution in [3.8, 4) is 0 Å². The van der Waals surface area contributed by atoms with Gasteiger partial charge in [0.2, 0.25) is 0 Å². The van der Waals surface area contributed by atoms with Crippen molar-refractivity contribution in [2.75, 3.05) is 6.61 Å². The van der Waals surface area contributed by atoms with E-state index in [1.807, 2.05) is 0 Å². The Balaban J connectivity index is 3.00. The summed E-state index contributed by atoms with van der Waals surface area (Å²) in [6, 6.07) is 0. The Kier molecular flexibility index (Phi) is 2.56. The molecule has 13 heavy (non-hydrogen) atoms. The van der Waals surface area contributed by atoms with Crippen LogP contribution >= 0.6 is 0 Å². The Bertz CT molecular complexity index is 276. The van der Waals surface area contributed by atoms with Gasteiger partial charge in [0, 0.05) is 11.6 Å². The first kappa shape index (κ1) is 9.98. The van der Waals surface area contributed by atoms with Gasteiger partial charge in [-0.2, -0.15) is 13.2 Å². The molecule has 0 bridgehead atoms. The Morgan fingerprint density at radius 3 is 2.54 bits per heavy atom. The summed E-state index contributed by atoms with van der Waals surface area (Å²) in [5.41, 5.74) is -1.02. The molecule has 0 aromatic rings. The summed E-state index contributed by atoms with van der Waals surface area (Å²) in [7, 11) is 0. The fourth-order valence-electron chi connectivity index (χ4n) is 1.04. The van der Waals surface area contributed by atoms with Crippen LogP contribution in [0.5, 0.6) is 0 Å². The number of rotatable bonds is 1. The van der Waals surface area contributed by atoms with Gasteiger partial charge in [0.05, 0.1) is 12.5 Å². The van der Waals surface area contributed by atoms with E-state index in [1.54, 1.807) is 0 Å². The summed E-state index contributed by atoms with van der Waals surface area (Å²) in [6.45, 7) is -0.842. The molecule has 0 spiro atoms. The number of halogens is 3. The molecule has 0 aliphatic heterocycles. The lowest BCUT2D eigenvalue weighted by atomic mass is 9.91. The molecule has 0 aromatic heterocycles. The van der Waals surface area contributed by atoms with Crippen LogP contribution in [0.4, 0.5) is 13.2 Å². The van der Waals surface area contributed by atoms with Crippen molar-refractivity contribution in [1.29, 1.82) is 0 Å². The van der Waals surface area contributed by atoms with Crippen LogP contribution in [0.15, 0.2) is 17.7 Å². The minimum Gasteiger partial charge on any atom is -0.395 e. The largest absolute Gasteiger partial charge is 0.413 e. The lowest BCUT2D eigenvalue weighted by molar-refractivity contribution is -0.127. The van der Waals surface area contributed by atoms with Gasteiger partial charge in [-0.05, 0) is 0 Å². The zero-order valence-corrected chi connectivity index (χ0v) is 6.43. The normalized spacial score (nSPS) is 23.2. The molecular weight excluding hydrogens is 185 g/mol. The molecule has 1 N–H and O–H groups in total. The van der Waals surface area contributed by atoms with Crippen molar-refractivity contribution < 1.29 is 23.1 Å². The third kappa shape index (κ3) is 1.98. The summed E-state index contributed by atoms with van der Waals surface area (Å²) in [5, 5.41) is 8.58. The number of Topliss-reactive ketones (excluding diaryl/α,β-unsaturated/α-hetero) is 1. The molecule has 1 atom stereocenters. The first-order valence-electron chi connectivity index (χ1n) is 3.48. The van der Waals surface area contributed by atoms with E-state index in [1.165, 1.54) is 0 Å². The molecule has 0 saturated heterocycles. The summed E-state index contributed by atoms with van der Waals surface area (Å²) in [4.78, 5) is 10.8. The van der Waals surface area contributed by atoms with Gasteiger partial charge in [-0.1, -0.05) is 12.2 Å². The number of ketones is 1. The van der Waals surface area contributed by atoms with Crippen LogP contribution in [0.2, 0.25) is 0 Å². The average Bonchev–Trinajstić information content (AvgIpc) is 2.02. The fraction of sp³-hybridized carbons (Fsp3) is 0.375. The van der Waals surface area contributed by atoms with E-state index in [2.05, 4.69) is 6.08 Å². The van der Waals surface area contributed by atoms with Crippen molar-refractivity contribution in [3.63, 3.8) is 0 Å². The van der Waals surface area contributed by atoms with E-state index in [0.29, 0.717) is 0 Å². The minimum atomic E-state index is -4.57. The molecule has 1 aliphatic rings. The van der Waals surface area contributed by atoms with Crippen LogP contribution in [0.1, 0.15) is 0 Å². The van der Waals surface area contributed by atoms with Crippen LogP contribution in [-0.2, 0) is 4.79 Å². The number of allylic oxidation sites excluding steroid dienone is 3. The van der Waals surface area contributed by atoms with E-state index < -0.39 is 30.1 Å². The molecule has 1 aliphatic carbocycles. The highest BCUT2D eigenvalue weighted by Gasteiger charge is 2.41. The van der Waals surface area contributed by atoms with E-state index in [-0.39, 0.29) is 0 Å². The monoisotopic (exact) mass is 191 g/mol. The summed E-state index contributed by atoms with van der Waals surface area (Å²) >= 11 is 0. The molecule has 71 valence electrons. The van der Waals surface area contributed by atoms with Gasteiger partial charge in [-0.25, -0.2) is 0 Å². The molecule has 1 radical (unpaired) electrons. The quantitative estimate of drug-likeness (QED) is 0.672. The lowest BCUT2D eigenvalue weighted by Crippen LogP contribution is -2.29. The number of hydrogen-bond donors (Lipinski definition) is 1. The van der Waals surface area contributed by atoms with Gasteiger partial charge >= 0.3 is 6.18 Å². The van der Waals surface area contributed by atoms with Crippen LogP contribution in [0.3, 0.4) is 0 Å². The van der Waals surface area contributed by atoms with Crippen molar-refractivity contribution >= 4 is 5.78 Å². The number of alkyl halides is 3.